The van der Waals surface area contributed by atoms with E-state index in [0.29, 0.717) is 13.0 Å². The van der Waals surface area contributed by atoms with Crippen molar-refractivity contribution in [1.29, 1.82) is 0 Å². The van der Waals surface area contributed by atoms with Gasteiger partial charge in [-0.15, -0.1) is 0 Å². The maximum Gasteiger partial charge on any atom is 0.165 e. The van der Waals surface area contributed by atoms with E-state index < -0.39 is 17.3 Å². The molecule has 1 aromatic carbocycles. The van der Waals surface area contributed by atoms with Gasteiger partial charge in [-0.2, -0.15) is 0 Å². The molecule has 0 bridgehead atoms. The summed E-state index contributed by atoms with van der Waals surface area (Å²) in [5.41, 5.74) is -1.88. The molecule has 1 aromatic rings. The molecule has 0 aliphatic carbocycles. The molecule has 1 aliphatic heterocycles. The topological polar surface area (TPSA) is 12.0 Å². The van der Waals surface area contributed by atoms with E-state index in [9.17, 15) is 13.2 Å². The van der Waals surface area contributed by atoms with Gasteiger partial charge in [-0.1, -0.05) is 12.1 Å². The molecule has 0 aromatic heterocycles. The third-order valence-corrected chi connectivity index (χ3v) is 3.06. The first-order valence-electron chi connectivity index (χ1n) is 5.48. The smallest absolute Gasteiger partial charge is 0.165 e. The maximum atomic E-state index is 14.6. The number of hydrogen-bond acceptors (Lipinski definition) is 1. The van der Waals surface area contributed by atoms with E-state index in [0.717, 1.165) is 12.6 Å². The Labute approximate surface area is 92.7 Å². The van der Waals surface area contributed by atoms with Crippen molar-refractivity contribution in [2.45, 2.75) is 24.9 Å². The van der Waals surface area contributed by atoms with Crippen LogP contribution in [0.25, 0.3) is 0 Å². The Morgan fingerprint density at radius 1 is 1.12 bits per heavy atom. The van der Waals surface area contributed by atoms with E-state index in [4.69, 9.17) is 0 Å². The Bertz CT molecular complexity index is 371. The molecule has 1 nitrogen and oxygen atoms in total. The highest BCUT2D eigenvalue weighted by atomic mass is 19.2. The average Bonchev–Trinajstić information content (AvgIpc) is 2.48. The van der Waals surface area contributed by atoms with Crippen LogP contribution in [-0.2, 0) is 5.67 Å². The monoisotopic (exact) mass is 229 g/mol. The van der Waals surface area contributed by atoms with Crippen LogP contribution in [0.2, 0.25) is 0 Å². The fraction of sp³-hybridized carbons (Fsp3) is 0.500. The summed E-state index contributed by atoms with van der Waals surface area (Å²) < 4.78 is 41.1. The molecular formula is C12H14F3N. The number of nitrogens with one attached hydrogen (secondary N) is 1. The van der Waals surface area contributed by atoms with Crippen molar-refractivity contribution in [1.82, 2.24) is 5.32 Å². The summed E-state index contributed by atoms with van der Waals surface area (Å²) >= 11 is 0. The molecule has 0 spiro atoms. The minimum absolute atomic E-state index is 0.142. The second-order valence-electron chi connectivity index (χ2n) is 4.17. The fourth-order valence-electron chi connectivity index (χ4n) is 2.15. The lowest BCUT2D eigenvalue weighted by atomic mass is 9.88. The van der Waals surface area contributed by atoms with E-state index in [2.05, 4.69) is 5.32 Å². The van der Waals surface area contributed by atoms with Crippen LogP contribution in [-0.4, -0.2) is 13.1 Å². The van der Waals surface area contributed by atoms with E-state index in [-0.39, 0.29) is 18.4 Å². The first-order valence-corrected chi connectivity index (χ1v) is 5.48. The van der Waals surface area contributed by atoms with Crippen LogP contribution in [0.1, 0.15) is 24.8 Å². The van der Waals surface area contributed by atoms with Crippen molar-refractivity contribution in [2.75, 3.05) is 13.1 Å². The average molecular weight is 229 g/mol. The van der Waals surface area contributed by atoms with Crippen LogP contribution in [0.4, 0.5) is 13.2 Å². The number of hydrogen-bond donors (Lipinski definition) is 1. The van der Waals surface area contributed by atoms with Crippen molar-refractivity contribution >= 4 is 0 Å². The fourth-order valence-corrected chi connectivity index (χ4v) is 2.15. The zero-order valence-electron chi connectivity index (χ0n) is 8.90. The SMILES string of the molecule is Fc1cccc(C2(F)CCCNCC2)c1F. The molecule has 0 saturated carbocycles. The Kier molecular flexibility index (Phi) is 3.19. The van der Waals surface area contributed by atoms with Gasteiger partial charge in [0.2, 0.25) is 0 Å². The second kappa shape index (κ2) is 4.45. The number of rotatable bonds is 1. The lowest BCUT2D eigenvalue weighted by Gasteiger charge is -2.24. The minimum Gasteiger partial charge on any atom is -0.317 e. The highest BCUT2D eigenvalue weighted by molar-refractivity contribution is 5.26. The van der Waals surface area contributed by atoms with Gasteiger partial charge < -0.3 is 5.32 Å². The van der Waals surface area contributed by atoms with Crippen molar-refractivity contribution < 1.29 is 13.2 Å². The molecule has 1 atom stereocenters. The third kappa shape index (κ3) is 2.07. The molecule has 1 heterocycles. The first-order chi connectivity index (χ1) is 7.63. The van der Waals surface area contributed by atoms with Gasteiger partial charge in [0.1, 0.15) is 5.67 Å². The third-order valence-electron chi connectivity index (χ3n) is 3.06. The van der Waals surface area contributed by atoms with Gasteiger partial charge in [-0.25, -0.2) is 13.2 Å². The summed E-state index contributed by atoms with van der Waals surface area (Å²) in [5, 5.41) is 3.05. The lowest BCUT2D eigenvalue weighted by Crippen LogP contribution is -2.24. The normalized spacial score (nSPS) is 26.4. The number of halogens is 3. The van der Waals surface area contributed by atoms with Crippen LogP contribution in [0.15, 0.2) is 18.2 Å². The molecule has 88 valence electrons. The molecule has 1 unspecified atom stereocenters. The van der Waals surface area contributed by atoms with E-state index in [1.54, 1.807) is 0 Å². The molecule has 0 amide bonds. The van der Waals surface area contributed by atoms with Crippen molar-refractivity contribution in [3.05, 3.63) is 35.4 Å². The van der Waals surface area contributed by atoms with Gasteiger partial charge in [-0.3, -0.25) is 0 Å². The first kappa shape index (κ1) is 11.5. The van der Waals surface area contributed by atoms with Gasteiger partial charge in [0.05, 0.1) is 0 Å². The van der Waals surface area contributed by atoms with Crippen molar-refractivity contribution in [2.24, 2.45) is 0 Å². The summed E-state index contributed by atoms with van der Waals surface area (Å²) in [5.74, 6) is -2.03. The highest BCUT2D eigenvalue weighted by Crippen LogP contribution is 2.37. The molecule has 1 aliphatic rings. The molecule has 1 fully saturated rings. The molecule has 1 saturated heterocycles. The Balaban J connectivity index is 2.37. The molecular weight excluding hydrogens is 215 g/mol. The Morgan fingerprint density at radius 3 is 2.75 bits per heavy atom. The second-order valence-corrected chi connectivity index (χ2v) is 4.17. The quantitative estimate of drug-likeness (QED) is 0.780. The van der Waals surface area contributed by atoms with E-state index >= 15 is 0 Å². The summed E-state index contributed by atoms with van der Waals surface area (Å²) in [6.07, 6.45) is 1.06. The summed E-state index contributed by atoms with van der Waals surface area (Å²) in [7, 11) is 0. The minimum atomic E-state index is -1.74. The van der Waals surface area contributed by atoms with Crippen LogP contribution in [0, 0.1) is 11.6 Å². The summed E-state index contributed by atoms with van der Waals surface area (Å²) in [4.78, 5) is 0. The Morgan fingerprint density at radius 2 is 1.94 bits per heavy atom. The van der Waals surface area contributed by atoms with Crippen LogP contribution in [0.3, 0.4) is 0 Å². The zero-order chi connectivity index (χ0) is 11.6. The predicted molar refractivity (Wildman–Crippen MR) is 55.9 cm³/mol. The van der Waals surface area contributed by atoms with Crippen molar-refractivity contribution in [3.8, 4) is 0 Å². The summed E-state index contributed by atoms with van der Waals surface area (Å²) in [6, 6.07) is 3.70. The van der Waals surface area contributed by atoms with Crippen molar-refractivity contribution in [3.63, 3.8) is 0 Å². The number of benzene rings is 1. The zero-order valence-corrected chi connectivity index (χ0v) is 8.90. The van der Waals surface area contributed by atoms with E-state index in [1.165, 1.54) is 12.1 Å². The number of alkyl halides is 1. The highest BCUT2D eigenvalue weighted by Gasteiger charge is 2.35. The van der Waals surface area contributed by atoms with Crippen LogP contribution in [0.5, 0.6) is 0 Å². The molecule has 16 heavy (non-hydrogen) atoms. The maximum absolute atomic E-state index is 14.6. The molecule has 2 rings (SSSR count). The van der Waals surface area contributed by atoms with E-state index in [1.807, 2.05) is 0 Å². The predicted octanol–water partition coefficient (Wildman–Crippen LogP) is 2.90. The van der Waals surface area contributed by atoms with Gasteiger partial charge in [0.15, 0.2) is 11.6 Å². The van der Waals surface area contributed by atoms with Gasteiger partial charge >= 0.3 is 0 Å². The molecule has 1 N–H and O–H groups in total. The largest absolute Gasteiger partial charge is 0.317 e. The standard InChI is InChI=1S/C12H14F3N/c13-10-4-1-3-9(11(10)14)12(15)5-2-7-16-8-6-12/h1,3-4,16H,2,5-8H2. The summed E-state index contributed by atoms with van der Waals surface area (Å²) in [6.45, 7) is 1.22. The Hall–Kier alpha value is -1.03. The van der Waals surface area contributed by atoms with Crippen LogP contribution < -0.4 is 5.32 Å². The van der Waals surface area contributed by atoms with Gasteiger partial charge in [-0.05, 0) is 38.4 Å². The van der Waals surface area contributed by atoms with Crippen LogP contribution >= 0.6 is 0 Å². The molecule has 4 heteroatoms. The lowest BCUT2D eigenvalue weighted by molar-refractivity contribution is 0.138. The van der Waals surface area contributed by atoms with Gasteiger partial charge in [0.25, 0.3) is 0 Å². The molecule has 0 radical (unpaired) electrons. The van der Waals surface area contributed by atoms with Gasteiger partial charge in [0, 0.05) is 5.56 Å².